The molecule has 3 rings (SSSR count). The van der Waals surface area contributed by atoms with Gasteiger partial charge in [-0.3, -0.25) is 0 Å². The highest BCUT2D eigenvalue weighted by atomic mass is 32.2. The summed E-state index contributed by atoms with van der Waals surface area (Å²) in [6.07, 6.45) is 6.09. The third-order valence-corrected chi connectivity index (χ3v) is 6.14. The molecule has 1 saturated carbocycles. The lowest BCUT2D eigenvalue weighted by Crippen LogP contribution is -2.32. The summed E-state index contributed by atoms with van der Waals surface area (Å²) in [5.41, 5.74) is 0. The van der Waals surface area contributed by atoms with E-state index in [4.69, 9.17) is 4.74 Å². The molecule has 130 valence electrons. The summed E-state index contributed by atoms with van der Waals surface area (Å²) in [7, 11) is -3.52. The Morgan fingerprint density at radius 1 is 1.08 bits per heavy atom. The van der Waals surface area contributed by atoms with Gasteiger partial charge in [-0.1, -0.05) is 50.5 Å². The Morgan fingerprint density at radius 3 is 2.50 bits per heavy atom. The van der Waals surface area contributed by atoms with Gasteiger partial charge in [0.05, 0.1) is 11.5 Å². The molecule has 0 bridgehead atoms. The van der Waals surface area contributed by atoms with Crippen LogP contribution in [0.5, 0.6) is 5.75 Å². The average molecular weight is 347 g/mol. The zero-order chi connectivity index (χ0) is 17.0. The smallest absolute Gasteiger partial charge is 0.241 e. The number of ether oxygens (including phenoxy) is 1. The van der Waals surface area contributed by atoms with Crippen LogP contribution in [0.3, 0.4) is 0 Å². The molecule has 0 spiro atoms. The molecular formula is C19H25NO3S. The maximum atomic E-state index is 12.8. The van der Waals surface area contributed by atoms with Crippen LogP contribution < -0.4 is 9.46 Å². The summed E-state index contributed by atoms with van der Waals surface area (Å²) in [6, 6.07) is 11.1. The molecule has 1 N–H and O–H groups in total. The van der Waals surface area contributed by atoms with E-state index in [9.17, 15) is 8.42 Å². The molecule has 0 radical (unpaired) electrons. The molecule has 24 heavy (non-hydrogen) atoms. The second kappa shape index (κ2) is 7.53. The van der Waals surface area contributed by atoms with E-state index in [-0.39, 0.29) is 6.04 Å². The predicted molar refractivity (Wildman–Crippen MR) is 96.9 cm³/mol. The van der Waals surface area contributed by atoms with Crippen molar-refractivity contribution < 1.29 is 13.2 Å². The largest absolute Gasteiger partial charge is 0.493 e. The molecule has 1 aliphatic carbocycles. The lowest BCUT2D eigenvalue weighted by atomic mass is 10.1. The van der Waals surface area contributed by atoms with Gasteiger partial charge in [0, 0.05) is 16.8 Å². The fourth-order valence-electron chi connectivity index (χ4n) is 3.26. The van der Waals surface area contributed by atoms with Gasteiger partial charge in [-0.05, 0) is 31.4 Å². The van der Waals surface area contributed by atoms with Crippen molar-refractivity contribution in [1.82, 2.24) is 4.72 Å². The highest BCUT2D eigenvalue weighted by molar-refractivity contribution is 7.89. The third-order valence-electron chi connectivity index (χ3n) is 4.57. The Labute approximate surface area is 144 Å². The van der Waals surface area contributed by atoms with E-state index in [0.717, 1.165) is 55.0 Å². The highest BCUT2D eigenvalue weighted by Gasteiger charge is 2.24. The molecule has 2 aromatic rings. The fourth-order valence-corrected chi connectivity index (χ4v) is 4.77. The first kappa shape index (κ1) is 17.2. The molecular weight excluding hydrogens is 322 g/mol. The summed E-state index contributed by atoms with van der Waals surface area (Å²) in [5, 5.41) is 1.57. The first-order valence-electron chi connectivity index (χ1n) is 8.78. The van der Waals surface area contributed by atoms with Gasteiger partial charge in [-0.2, -0.15) is 0 Å². The van der Waals surface area contributed by atoms with Crippen molar-refractivity contribution in [3.05, 3.63) is 36.4 Å². The number of sulfonamides is 1. The molecule has 0 unspecified atom stereocenters. The normalized spacial score (nSPS) is 15.9. The van der Waals surface area contributed by atoms with Crippen LogP contribution in [0.2, 0.25) is 0 Å². The summed E-state index contributed by atoms with van der Waals surface area (Å²) < 4.78 is 34.4. The summed E-state index contributed by atoms with van der Waals surface area (Å²) in [5.74, 6) is 0.749. The minimum Gasteiger partial charge on any atom is -0.493 e. The first-order chi connectivity index (χ1) is 11.6. The van der Waals surface area contributed by atoms with Crippen LogP contribution in [0.25, 0.3) is 10.8 Å². The first-order valence-corrected chi connectivity index (χ1v) is 10.3. The van der Waals surface area contributed by atoms with Gasteiger partial charge in [0.25, 0.3) is 0 Å². The van der Waals surface area contributed by atoms with Crippen molar-refractivity contribution in [2.75, 3.05) is 6.61 Å². The summed E-state index contributed by atoms with van der Waals surface area (Å²) >= 11 is 0. The predicted octanol–water partition coefficient (Wildman–Crippen LogP) is 4.24. The SMILES string of the molecule is CCCCOc1ccc(S(=O)(=O)NC2CCCC2)c2ccccc12. The minimum atomic E-state index is -3.52. The molecule has 1 aliphatic rings. The number of fused-ring (bicyclic) bond motifs is 1. The molecule has 0 amide bonds. The van der Waals surface area contributed by atoms with Crippen molar-refractivity contribution in [2.45, 2.75) is 56.4 Å². The van der Waals surface area contributed by atoms with Crippen molar-refractivity contribution in [3.63, 3.8) is 0 Å². The van der Waals surface area contributed by atoms with Gasteiger partial charge in [0.2, 0.25) is 10.0 Å². The Kier molecular flexibility index (Phi) is 5.41. The number of hydrogen-bond acceptors (Lipinski definition) is 3. The van der Waals surface area contributed by atoms with Crippen LogP contribution in [0.1, 0.15) is 45.4 Å². The second-order valence-corrected chi connectivity index (χ2v) is 8.09. The lowest BCUT2D eigenvalue weighted by molar-refractivity contribution is 0.313. The van der Waals surface area contributed by atoms with Crippen LogP contribution in [0, 0.1) is 0 Å². The number of hydrogen-bond donors (Lipinski definition) is 1. The Hall–Kier alpha value is -1.59. The second-order valence-electron chi connectivity index (χ2n) is 6.41. The minimum absolute atomic E-state index is 0.0641. The van der Waals surface area contributed by atoms with Crippen LogP contribution >= 0.6 is 0 Å². The Morgan fingerprint density at radius 2 is 1.79 bits per heavy atom. The van der Waals surface area contributed by atoms with Gasteiger partial charge in [-0.25, -0.2) is 13.1 Å². The number of unbranched alkanes of at least 4 members (excludes halogenated alkanes) is 1. The molecule has 2 aromatic carbocycles. The van der Waals surface area contributed by atoms with Gasteiger partial charge in [0.1, 0.15) is 5.75 Å². The van der Waals surface area contributed by atoms with E-state index >= 15 is 0 Å². The molecule has 0 aromatic heterocycles. The van der Waals surface area contributed by atoms with E-state index in [1.807, 2.05) is 24.3 Å². The highest BCUT2D eigenvalue weighted by Crippen LogP contribution is 2.32. The van der Waals surface area contributed by atoms with E-state index in [1.165, 1.54) is 0 Å². The molecule has 5 heteroatoms. The van der Waals surface area contributed by atoms with Gasteiger partial charge in [0.15, 0.2) is 0 Å². The van der Waals surface area contributed by atoms with E-state index in [0.29, 0.717) is 11.5 Å². The number of rotatable bonds is 7. The summed E-state index contributed by atoms with van der Waals surface area (Å²) in [4.78, 5) is 0.341. The monoisotopic (exact) mass is 347 g/mol. The molecule has 4 nitrogen and oxygen atoms in total. The van der Waals surface area contributed by atoms with E-state index in [2.05, 4.69) is 11.6 Å². The summed E-state index contributed by atoms with van der Waals surface area (Å²) in [6.45, 7) is 2.76. The molecule has 0 heterocycles. The fraction of sp³-hybridized carbons (Fsp3) is 0.474. The zero-order valence-electron chi connectivity index (χ0n) is 14.1. The lowest BCUT2D eigenvalue weighted by Gasteiger charge is -2.16. The molecule has 0 aliphatic heterocycles. The van der Waals surface area contributed by atoms with Gasteiger partial charge >= 0.3 is 0 Å². The Balaban J connectivity index is 1.95. The Bertz CT molecular complexity index is 795. The van der Waals surface area contributed by atoms with Crippen molar-refractivity contribution in [2.24, 2.45) is 0 Å². The standard InChI is InChI=1S/C19H25NO3S/c1-2-3-14-23-18-12-13-19(17-11-7-6-10-16(17)18)24(21,22)20-15-8-4-5-9-15/h6-7,10-13,15,20H,2-5,8-9,14H2,1H3. The van der Waals surface area contributed by atoms with Crippen LogP contribution in [-0.4, -0.2) is 21.1 Å². The van der Waals surface area contributed by atoms with Gasteiger partial charge in [-0.15, -0.1) is 0 Å². The van der Waals surface area contributed by atoms with Crippen molar-refractivity contribution >= 4 is 20.8 Å². The van der Waals surface area contributed by atoms with Crippen LogP contribution in [0.4, 0.5) is 0 Å². The van der Waals surface area contributed by atoms with Crippen molar-refractivity contribution in [3.8, 4) is 5.75 Å². The maximum absolute atomic E-state index is 12.8. The zero-order valence-corrected chi connectivity index (χ0v) is 14.9. The average Bonchev–Trinajstić information content (AvgIpc) is 3.07. The third kappa shape index (κ3) is 3.73. The van der Waals surface area contributed by atoms with Gasteiger partial charge < -0.3 is 4.74 Å². The molecule has 0 atom stereocenters. The quantitative estimate of drug-likeness (QED) is 0.762. The van der Waals surface area contributed by atoms with Crippen LogP contribution in [0.15, 0.2) is 41.3 Å². The molecule has 1 fully saturated rings. The van der Waals surface area contributed by atoms with Crippen LogP contribution in [-0.2, 0) is 10.0 Å². The topological polar surface area (TPSA) is 55.4 Å². The number of nitrogens with one attached hydrogen (secondary N) is 1. The number of benzene rings is 2. The van der Waals surface area contributed by atoms with E-state index < -0.39 is 10.0 Å². The van der Waals surface area contributed by atoms with Crippen molar-refractivity contribution in [1.29, 1.82) is 0 Å². The van der Waals surface area contributed by atoms with E-state index in [1.54, 1.807) is 12.1 Å². The molecule has 0 saturated heterocycles. The maximum Gasteiger partial charge on any atom is 0.241 e.